The van der Waals surface area contributed by atoms with Crippen LogP contribution in [0.5, 0.6) is 5.75 Å². The fourth-order valence-corrected chi connectivity index (χ4v) is 3.22. The van der Waals surface area contributed by atoms with E-state index in [-0.39, 0.29) is 11.3 Å². The molecule has 1 aromatic carbocycles. The van der Waals surface area contributed by atoms with Crippen molar-refractivity contribution in [3.05, 3.63) is 42.0 Å². The fourth-order valence-electron chi connectivity index (χ4n) is 3.22. The minimum atomic E-state index is -2.99. The van der Waals surface area contributed by atoms with E-state index in [0.717, 1.165) is 12.8 Å². The van der Waals surface area contributed by atoms with Crippen LogP contribution in [-0.2, 0) is 0 Å². The highest BCUT2D eigenvalue weighted by atomic mass is 19.3. The van der Waals surface area contributed by atoms with Gasteiger partial charge in [0.15, 0.2) is 5.82 Å². The number of alkyl halides is 2. The highest BCUT2D eigenvalue weighted by Crippen LogP contribution is 2.31. The third-order valence-corrected chi connectivity index (χ3v) is 4.40. The van der Waals surface area contributed by atoms with Crippen molar-refractivity contribution in [2.75, 3.05) is 0 Å². The van der Waals surface area contributed by atoms with Crippen molar-refractivity contribution in [3.63, 3.8) is 0 Å². The molecule has 0 aliphatic heterocycles. The number of carbonyl (C=O) groups is 1. The Balaban J connectivity index is 1.74. The summed E-state index contributed by atoms with van der Waals surface area (Å²) >= 11 is 0. The Morgan fingerprint density at radius 3 is 2.76 bits per heavy atom. The van der Waals surface area contributed by atoms with Gasteiger partial charge in [-0.15, -0.1) is 10.2 Å². The second-order valence-corrected chi connectivity index (χ2v) is 6.10. The number of hydrogen-bond donors (Lipinski definition) is 1. The summed E-state index contributed by atoms with van der Waals surface area (Å²) in [6.45, 7) is -1.19. The van der Waals surface area contributed by atoms with E-state index >= 15 is 0 Å². The molecule has 1 atom stereocenters. The topological polar surface area (TPSA) is 69.0 Å². The Morgan fingerprint density at radius 1 is 1.32 bits per heavy atom. The molecule has 8 heteroatoms. The van der Waals surface area contributed by atoms with E-state index in [1.165, 1.54) is 31.0 Å². The molecule has 0 spiro atoms. The Labute approximate surface area is 144 Å². The largest absolute Gasteiger partial charge is 0.434 e. The van der Waals surface area contributed by atoms with Crippen molar-refractivity contribution in [1.29, 1.82) is 0 Å². The summed E-state index contributed by atoms with van der Waals surface area (Å²) in [6.07, 6.45) is 6.15. The van der Waals surface area contributed by atoms with Gasteiger partial charge in [-0.25, -0.2) is 0 Å². The highest BCUT2D eigenvalue weighted by molar-refractivity contribution is 5.97. The van der Waals surface area contributed by atoms with Crippen LogP contribution >= 0.6 is 0 Å². The van der Waals surface area contributed by atoms with Gasteiger partial charge in [-0.2, -0.15) is 8.78 Å². The molecule has 0 bridgehead atoms. The summed E-state index contributed by atoms with van der Waals surface area (Å²) in [5.74, 6) is 0.0108. The van der Waals surface area contributed by atoms with Gasteiger partial charge in [0.2, 0.25) is 0 Å². The summed E-state index contributed by atoms with van der Waals surface area (Å²) < 4.78 is 31.4. The average Bonchev–Trinajstić information content (AvgIpc) is 3.25. The smallest absolute Gasteiger partial charge is 0.387 e. The number of hydrogen-bond acceptors (Lipinski definition) is 4. The lowest BCUT2D eigenvalue weighted by Gasteiger charge is -2.19. The number of benzene rings is 1. The highest BCUT2D eigenvalue weighted by Gasteiger charge is 2.24. The van der Waals surface area contributed by atoms with Crippen LogP contribution in [0.4, 0.5) is 8.78 Å². The standard InChI is InChI=1S/C17H20F2N4O2/c1-11(15-22-20-10-23(15)12-6-2-3-7-12)21-16(24)13-8-4-5-9-14(13)25-17(18)19/h4-5,8-12,17H,2-3,6-7H2,1H3,(H,21,24)/t11-/m0/s1. The molecule has 6 nitrogen and oxygen atoms in total. The van der Waals surface area contributed by atoms with Gasteiger partial charge in [0.25, 0.3) is 5.91 Å². The van der Waals surface area contributed by atoms with Crippen LogP contribution in [-0.4, -0.2) is 27.3 Å². The van der Waals surface area contributed by atoms with Crippen LogP contribution in [0.1, 0.15) is 60.9 Å². The molecule has 134 valence electrons. The molecule has 1 aromatic heterocycles. The second kappa shape index (κ2) is 7.58. The SMILES string of the molecule is C[C@H](NC(=O)c1ccccc1OC(F)F)c1nncn1C1CCCC1. The second-order valence-electron chi connectivity index (χ2n) is 6.10. The first-order valence-electron chi connectivity index (χ1n) is 8.30. The van der Waals surface area contributed by atoms with Gasteiger partial charge in [-0.05, 0) is 31.9 Å². The maximum absolute atomic E-state index is 12.5. The molecule has 2 aromatic rings. The van der Waals surface area contributed by atoms with E-state index in [1.807, 2.05) is 4.57 Å². The Morgan fingerprint density at radius 2 is 2.04 bits per heavy atom. The number of ether oxygens (including phenoxy) is 1. The summed E-state index contributed by atoms with van der Waals surface area (Å²) in [4.78, 5) is 12.5. The third kappa shape index (κ3) is 3.94. The number of nitrogens with zero attached hydrogens (tertiary/aromatic N) is 3. The molecular formula is C17H20F2N4O2. The molecule has 1 amide bonds. The summed E-state index contributed by atoms with van der Waals surface area (Å²) in [7, 11) is 0. The zero-order valence-electron chi connectivity index (χ0n) is 13.9. The number of rotatable bonds is 6. The van der Waals surface area contributed by atoms with Crippen molar-refractivity contribution in [1.82, 2.24) is 20.1 Å². The van der Waals surface area contributed by atoms with Crippen LogP contribution in [0.15, 0.2) is 30.6 Å². The normalized spacial score (nSPS) is 16.2. The molecule has 1 aliphatic carbocycles. The van der Waals surface area contributed by atoms with E-state index in [1.54, 1.807) is 19.3 Å². The van der Waals surface area contributed by atoms with Crippen LogP contribution in [0.2, 0.25) is 0 Å². The first kappa shape index (κ1) is 17.3. The number of halogens is 2. The lowest BCUT2D eigenvalue weighted by Crippen LogP contribution is -2.29. The van der Waals surface area contributed by atoms with Crippen molar-refractivity contribution in [2.24, 2.45) is 0 Å². The van der Waals surface area contributed by atoms with Gasteiger partial charge in [-0.3, -0.25) is 4.79 Å². The van der Waals surface area contributed by atoms with E-state index in [4.69, 9.17) is 0 Å². The van der Waals surface area contributed by atoms with Gasteiger partial charge >= 0.3 is 6.61 Å². The number of amides is 1. The van der Waals surface area contributed by atoms with Gasteiger partial charge < -0.3 is 14.6 Å². The average molecular weight is 350 g/mol. The molecule has 25 heavy (non-hydrogen) atoms. The zero-order valence-corrected chi connectivity index (χ0v) is 13.9. The van der Waals surface area contributed by atoms with Crippen LogP contribution < -0.4 is 10.1 Å². The van der Waals surface area contributed by atoms with E-state index in [9.17, 15) is 13.6 Å². The van der Waals surface area contributed by atoms with Crippen molar-refractivity contribution >= 4 is 5.91 Å². The first-order valence-corrected chi connectivity index (χ1v) is 8.30. The monoisotopic (exact) mass is 350 g/mol. The van der Waals surface area contributed by atoms with Crippen molar-refractivity contribution in [3.8, 4) is 5.75 Å². The summed E-state index contributed by atoms with van der Waals surface area (Å²) in [5, 5.41) is 10.9. The van der Waals surface area contributed by atoms with E-state index in [2.05, 4.69) is 20.3 Å². The molecule has 0 radical (unpaired) electrons. The van der Waals surface area contributed by atoms with Crippen molar-refractivity contribution in [2.45, 2.75) is 51.3 Å². The number of carbonyl (C=O) groups excluding carboxylic acids is 1. The van der Waals surface area contributed by atoms with Gasteiger partial charge in [0, 0.05) is 6.04 Å². The summed E-state index contributed by atoms with van der Waals surface area (Å²) in [5.41, 5.74) is 0.0570. The van der Waals surface area contributed by atoms with Crippen molar-refractivity contribution < 1.29 is 18.3 Å². The molecular weight excluding hydrogens is 330 g/mol. The van der Waals surface area contributed by atoms with Gasteiger partial charge in [0.1, 0.15) is 12.1 Å². The number of nitrogens with one attached hydrogen (secondary N) is 1. The third-order valence-electron chi connectivity index (χ3n) is 4.40. The lowest BCUT2D eigenvalue weighted by molar-refractivity contribution is -0.0501. The maximum Gasteiger partial charge on any atom is 0.387 e. The van der Waals surface area contributed by atoms with Crippen LogP contribution in [0, 0.1) is 0 Å². The molecule has 1 fully saturated rings. The van der Waals surface area contributed by atoms with Gasteiger partial charge in [0.05, 0.1) is 11.6 Å². The minimum absolute atomic E-state index is 0.0570. The molecule has 1 saturated carbocycles. The maximum atomic E-state index is 12.5. The number of aromatic nitrogens is 3. The Kier molecular flexibility index (Phi) is 5.25. The molecule has 1 aliphatic rings. The van der Waals surface area contributed by atoms with E-state index < -0.39 is 18.6 Å². The first-order chi connectivity index (χ1) is 12.1. The number of para-hydroxylation sites is 1. The Bertz CT molecular complexity index is 729. The molecule has 0 saturated heterocycles. The molecule has 1 heterocycles. The predicted molar refractivity (Wildman–Crippen MR) is 86.5 cm³/mol. The lowest BCUT2D eigenvalue weighted by atomic mass is 10.1. The van der Waals surface area contributed by atoms with E-state index in [0.29, 0.717) is 11.9 Å². The summed E-state index contributed by atoms with van der Waals surface area (Å²) in [6, 6.07) is 5.86. The minimum Gasteiger partial charge on any atom is -0.434 e. The predicted octanol–water partition coefficient (Wildman–Crippen LogP) is 3.49. The molecule has 0 unspecified atom stereocenters. The van der Waals surface area contributed by atoms with Crippen LogP contribution in [0.3, 0.4) is 0 Å². The quantitative estimate of drug-likeness (QED) is 0.866. The fraction of sp³-hybridized carbons (Fsp3) is 0.471. The zero-order chi connectivity index (χ0) is 17.8. The Hall–Kier alpha value is -2.51. The van der Waals surface area contributed by atoms with Crippen LogP contribution in [0.25, 0.3) is 0 Å². The molecule has 1 N–H and O–H groups in total. The van der Waals surface area contributed by atoms with Gasteiger partial charge in [-0.1, -0.05) is 25.0 Å². The molecule has 3 rings (SSSR count).